The molecule has 0 radical (unpaired) electrons. The third-order valence-electron chi connectivity index (χ3n) is 3.19. The van der Waals surface area contributed by atoms with Gasteiger partial charge in [-0.2, -0.15) is 0 Å². The number of aliphatic hydroxyl groups is 1. The van der Waals surface area contributed by atoms with Crippen LogP contribution in [0.1, 0.15) is 28.8 Å². The van der Waals surface area contributed by atoms with Crippen molar-refractivity contribution >= 4 is 11.7 Å². The SMILES string of the molecule is Cc1ccc(N2CCC(O)CC2)c(C(=O)O)c1. The highest BCUT2D eigenvalue weighted by Gasteiger charge is 2.21. The number of nitrogens with zero attached hydrogens (tertiary/aromatic N) is 1. The molecular formula is C13H17NO3. The van der Waals surface area contributed by atoms with Gasteiger partial charge in [0.2, 0.25) is 0 Å². The second-order valence-electron chi connectivity index (χ2n) is 4.54. The van der Waals surface area contributed by atoms with Crippen molar-refractivity contribution in [3.05, 3.63) is 29.3 Å². The highest BCUT2D eigenvalue weighted by atomic mass is 16.4. The first kappa shape index (κ1) is 11.9. The molecule has 92 valence electrons. The van der Waals surface area contributed by atoms with Crippen LogP contribution in [0.2, 0.25) is 0 Å². The molecular weight excluding hydrogens is 218 g/mol. The Morgan fingerprint density at radius 3 is 2.59 bits per heavy atom. The predicted molar refractivity (Wildman–Crippen MR) is 65.6 cm³/mol. The van der Waals surface area contributed by atoms with Gasteiger partial charge in [-0.3, -0.25) is 0 Å². The quantitative estimate of drug-likeness (QED) is 0.818. The standard InChI is InChI=1S/C13H17NO3/c1-9-2-3-12(11(8-9)13(16)17)14-6-4-10(15)5-7-14/h2-3,8,10,15H,4-7H2,1H3,(H,16,17). The summed E-state index contributed by atoms with van der Waals surface area (Å²) in [7, 11) is 0. The first-order valence-corrected chi connectivity index (χ1v) is 5.85. The normalized spacial score (nSPS) is 17.2. The summed E-state index contributed by atoms with van der Waals surface area (Å²) in [6.45, 7) is 3.31. The highest BCUT2D eigenvalue weighted by molar-refractivity contribution is 5.94. The molecule has 0 aliphatic carbocycles. The van der Waals surface area contributed by atoms with Gasteiger partial charge < -0.3 is 15.1 Å². The molecule has 0 saturated carbocycles. The molecule has 1 heterocycles. The van der Waals surface area contributed by atoms with Crippen molar-refractivity contribution in [1.82, 2.24) is 0 Å². The van der Waals surface area contributed by atoms with Gasteiger partial charge in [-0.1, -0.05) is 11.6 Å². The third kappa shape index (κ3) is 2.58. The van der Waals surface area contributed by atoms with Crippen LogP contribution in [0.4, 0.5) is 5.69 Å². The number of hydrogen-bond donors (Lipinski definition) is 2. The van der Waals surface area contributed by atoms with Gasteiger partial charge in [0.05, 0.1) is 17.4 Å². The van der Waals surface area contributed by atoms with E-state index in [0.717, 1.165) is 11.3 Å². The van der Waals surface area contributed by atoms with E-state index in [9.17, 15) is 15.0 Å². The van der Waals surface area contributed by atoms with Crippen LogP contribution < -0.4 is 4.90 Å². The number of aliphatic hydroxyl groups excluding tert-OH is 1. The van der Waals surface area contributed by atoms with Crippen LogP contribution in [0.5, 0.6) is 0 Å². The molecule has 2 N–H and O–H groups in total. The first-order chi connectivity index (χ1) is 8.08. The average Bonchev–Trinajstić information content (AvgIpc) is 2.30. The van der Waals surface area contributed by atoms with Gasteiger partial charge in [-0.25, -0.2) is 4.79 Å². The maximum Gasteiger partial charge on any atom is 0.337 e. The Balaban J connectivity index is 2.28. The van der Waals surface area contributed by atoms with E-state index < -0.39 is 5.97 Å². The van der Waals surface area contributed by atoms with E-state index in [1.54, 1.807) is 6.07 Å². The van der Waals surface area contributed by atoms with Crippen LogP contribution in [-0.4, -0.2) is 35.4 Å². The van der Waals surface area contributed by atoms with Crippen molar-refractivity contribution < 1.29 is 15.0 Å². The van der Waals surface area contributed by atoms with Crippen molar-refractivity contribution in [2.24, 2.45) is 0 Å². The number of piperidine rings is 1. The second kappa shape index (κ2) is 4.75. The summed E-state index contributed by atoms with van der Waals surface area (Å²) < 4.78 is 0. The Bertz CT molecular complexity index is 423. The topological polar surface area (TPSA) is 60.8 Å². The molecule has 0 bridgehead atoms. The Hall–Kier alpha value is -1.55. The van der Waals surface area contributed by atoms with Gasteiger partial charge >= 0.3 is 5.97 Å². The lowest BCUT2D eigenvalue weighted by molar-refractivity contribution is 0.0697. The maximum atomic E-state index is 11.2. The van der Waals surface area contributed by atoms with Gasteiger partial charge in [0.25, 0.3) is 0 Å². The molecule has 0 unspecified atom stereocenters. The number of carbonyl (C=O) groups is 1. The summed E-state index contributed by atoms with van der Waals surface area (Å²) in [5, 5.41) is 18.7. The number of aryl methyl sites for hydroxylation is 1. The predicted octanol–water partition coefficient (Wildman–Crippen LogP) is 1.65. The van der Waals surface area contributed by atoms with Crippen LogP contribution in [0.3, 0.4) is 0 Å². The molecule has 17 heavy (non-hydrogen) atoms. The Morgan fingerprint density at radius 1 is 1.35 bits per heavy atom. The minimum Gasteiger partial charge on any atom is -0.478 e. The number of carboxylic acid groups (broad SMARTS) is 1. The van der Waals surface area contributed by atoms with E-state index in [1.807, 2.05) is 24.0 Å². The number of anilines is 1. The Kier molecular flexibility index (Phi) is 3.33. The van der Waals surface area contributed by atoms with Crippen LogP contribution in [0, 0.1) is 6.92 Å². The number of aromatic carboxylic acids is 1. The van der Waals surface area contributed by atoms with E-state index in [2.05, 4.69) is 0 Å². The van der Waals surface area contributed by atoms with E-state index in [-0.39, 0.29) is 6.10 Å². The van der Waals surface area contributed by atoms with Crippen LogP contribution >= 0.6 is 0 Å². The van der Waals surface area contributed by atoms with Crippen molar-refractivity contribution in [2.75, 3.05) is 18.0 Å². The Labute approximate surface area is 100 Å². The van der Waals surface area contributed by atoms with Crippen molar-refractivity contribution in [3.8, 4) is 0 Å². The average molecular weight is 235 g/mol. The molecule has 0 amide bonds. The number of hydrogen-bond acceptors (Lipinski definition) is 3. The summed E-state index contributed by atoms with van der Waals surface area (Å²) in [4.78, 5) is 13.2. The number of benzene rings is 1. The molecule has 1 aliphatic heterocycles. The van der Waals surface area contributed by atoms with Gasteiger partial charge in [-0.05, 0) is 31.9 Å². The van der Waals surface area contributed by atoms with Gasteiger partial charge in [-0.15, -0.1) is 0 Å². The van der Waals surface area contributed by atoms with E-state index in [0.29, 0.717) is 31.5 Å². The molecule has 4 heteroatoms. The van der Waals surface area contributed by atoms with Crippen LogP contribution in [-0.2, 0) is 0 Å². The molecule has 1 aromatic rings. The molecule has 2 rings (SSSR count). The minimum absolute atomic E-state index is 0.245. The van der Waals surface area contributed by atoms with E-state index >= 15 is 0 Å². The van der Waals surface area contributed by atoms with Gasteiger partial charge in [0, 0.05) is 13.1 Å². The van der Waals surface area contributed by atoms with Crippen molar-refractivity contribution in [3.63, 3.8) is 0 Å². The molecule has 4 nitrogen and oxygen atoms in total. The molecule has 0 spiro atoms. The van der Waals surface area contributed by atoms with E-state index in [1.165, 1.54) is 0 Å². The molecule has 1 saturated heterocycles. The summed E-state index contributed by atoms with van der Waals surface area (Å²) in [5.74, 6) is -0.894. The van der Waals surface area contributed by atoms with Crippen molar-refractivity contribution in [1.29, 1.82) is 0 Å². The summed E-state index contributed by atoms with van der Waals surface area (Å²) in [5.41, 5.74) is 2.06. The lowest BCUT2D eigenvalue weighted by atomic mass is 10.0. The molecule has 1 fully saturated rings. The highest BCUT2D eigenvalue weighted by Crippen LogP contribution is 2.25. The third-order valence-corrected chi connectivity index (χ3v) is 3.19. The fourth-order valence-electron chi connectivity index (χ4n) is 2.20. The fraction of sp³-hybridized carbons (Fsp3) is 0.462. The van der Waals surface area contributed by atoms with Gasteiger partial charge in [0.1, 0.15) is 0 Å². The molecule has 0 atom stereocenters. The Morgan fingerprint density at radius 2 is 2.00 bits per heavy atom. The first-order valence-electron chi connectivity index (χ1n) is 5.85. The van der Waals surface area contributed by atoms with Crippen LogP contribution in [0.25, 0.3) is 0 Å². The summed E-state index contributed by atoms with van der Waals surface area (Å²) in [6, 6.07) is 5.48. The van der Waals surface area contributed by atoms with Crippen LogP contribution in [0.15, 0.2) is 18.2 Å². The summed E-state index contributed by atoms with van der Waals surface area (Å²) >= 11 is 0. The number of rotatable bonds is 2. The monoisotopic (exact) mass is 235 g/mol. The molecule has 0 aromatic heterocycles. The second-order valence-corrected chi connectivity index (χ2v) is 4.54. The lowest BCUT2D eigenvalue weighted by Gasteiger charge is -2.32. The summed E-state index contributed by atoms with van der Waals surface area (Å²) in [6.07, 6.45) is 1.16. The molecule has 1 aliphatic rings. The van der Waals surface area contributed by atoms with Gasteiger partial charge in [0.15, 0.2) is 0 Å². The van der Waals surface area contributed by atoms with Crippen molar-refractivity contribution in [2.45, 2.75) is 25.9 Å². The largest absolute Gasteiger partial charge is 0.478 e. The maximum absolute atomic E-state index is 11.2. The van der Waals surface area contributed by atoms with E-state index in [4.69, 9.17) is 0 Å². The zero-order valence-electron chi connectivity index (χ0n) is 9.89. The number of carboxylic acids is 1. The minimum atomic E-state index is -0.894. The smallest absolute Gasteiger partial charge is 0.337 e. The fourth-order valence-corrected chi connectivity index (χ4v) is 2.20. The molecule has 1 aromatic carbocycles. The zero-order chi connectivity index (χ0) is 12.4. The zero-order valence-corrected chi connectivity index (χ0v) is 9.89. The lowest BCUT2D eigenvalue weighted by Crippen LogP contribution is -2.36.